The van der Waals surface area contributed by atoms with Gasteiger partial charge in [0.1, 0.15) is 0 Å². The van der Waals surface area contributed by atoms with Crippen molar-refractivity contribution in [3.63, 3.8) is 0 Å². The first-order chi connectivity index (χ1) is 12.0. The molecule has 1 N–H and O–H groups in total. The van der Waals surface area contributed by atoms with E-state index in [0.717, 1.165) is 42.5 Å². The van der Waals surface area contributed by atoms with Gasteiger partial charge in [0.15, 0.2) is 5.78 Å². The Morgan fingerprint density at radius 3 is 2.56 bits per heavy atom. The Morgan fingerprint density at radius 2 is 1.92 bits per heavy atom. The Morgan fingerprint density at radius 1 is 1.24 bits per heavy atom. The van der Waals surface area contributed by atoms with Gasteiger partial charge < -0.3 is 10.1 Å². The highest BCUT2D eigenvalue weighted by Gasteiger charge is 2.21. The van der Waals surface area contributed by atoms with Gasteiger partial charge in [-0.15, -0.1) is 0 Å². The summed E-state index contributed by atoms with van der Waals surface area (Å²) in [5, 5.41) is 4.22. The number of hydrogen-bond donors (Lipinski definition) is 1. The maximum atomic E-state index is 11.3. The van der Waals surface area contributed by atoms with E-state index in [1.807, 2.05) is 44.2 Å². The molecule has 5 nitrogen and oxygen atoms in total. The minimum Gasteiger partial charge on any atom is -0.466 e. The van der Waals surface area contributed by atoms with Crippen molar-refractivity contribution >= 4 is 22.7 Å². The molecule has 0 radical (unpaired) electrons. The van der Waals surface area contributed by atoms with Gasteiger partial charge in [0, 0.05) is 16.6 Å². The van der Waals surface area contributed by atoms with Gasteiger partial charge in [-0.25, -0.2) is 0 Å². The molecule has 1 fully saturated rings. The van der Waals surface area contributed by atoms with Gasteiger partial charge in [-0.05, 0) is 58.8 Å². The number of rotatable bonds is 3. The Hall–Kier alpha value is -2.27. The summed E-state index contributed by atoms with van der Waals surface area (Å²) in [4.78, 5) is 26.8. The number of piperidine rings is 1. The molecule has 1 aliphatic rings. The number of aryl methyl sites for hydroxylation is 1. The summed E-state index contributed by atoms with van der Waals surface area (Å²) in [5.41, 5.74) is 2.45. The van der Waals surface area contributed by atoms with Crippen LogP contribution in [0.25, 0.3) is 10.9 Å². The summed E-state index contributed by atoms with van der Waals surface area (Å²) >= 11 is 0. The lowest BCUT2D eigenvalue weighted by Gasteiger charge is -2.20. The number of benzene rings is 1. The smallest absolute Gasteiger partial charge is 0.309 e. The zero-order valence-corrected chi connectivity index (χ0v) is 15.2. The number of carbonyl (C=O) groups is 2. The summed E-state index contributed by atoms with van der Waals surface area (Å²) in [6, 6.07) is 9.71. The van der Waals surface area contributed by atoms with E-state index in [0.29, 0.717) is 12.2 Å². The third-order valence-corrected chi connectivity index (χ3v) is 4.25. The molecule has 1 aliphatic heterocycles. The second-order valence-electron chi connectivity index (χ2n) is 6.15. The van der Waals surface area contributed by atoms with E-state index in [1.165, 1.54) is 0 Å². The fourth-order valence-electron chi connectivity index (χ4n) is 2.89. The number of pyridine rings is 1. The first kappa shape index (κ1) is 19.1. The van der Waals surface area contributed by atoms with Crippen LogP contribution in [0, 0.1) is 12.8 Å². The molecule has 0 atom stereocenters. The predicted octanol–water partition coefficient (Wildman–Crippen LogP) is 3.29. The van der Waals surface area contributed by atoms with Crippen LogP contribution in [0.15, 0.2) is 30.3 Å². The van der Waals surface area contributed by atoms with Crippen LogP contribution >= 0.6 is 0 Å². The van der Waals surface area contributed by atoms with E-state index in [2.05, 4.69) is 10.3 Å². The number of ether oxygens (including phenoxy) is 1. The number of ketones is 1. The molecule has 1 aromatic heterocycles. The maximum Gasteiger partial charge on any atom is 0.309 e. The predicted molar refractivity (Wildman–Crippen MR) is 98.7 cm³/mol. The third kappa shape index (κ3) is 5.36. The summed E-state index contributed by atoms with van der Waals surface area (Å²) in [5.74, 6) is 0.200. The normalized spacial score (nSPS) is 14.5. The monoisotopic (exact) mass is 342 g/mol. The van der Waals surface area contributed by atoms with E-state index >= 15 is 0 Å². The van der Waals surface area contributed by atoms with Crippen molar-refractivity contribution in [3.05, 3.63) is 41.6 Å². The highest BCUT2D eigenvalue weighted by atomic mass is 16.5. The van der Waals surface area contributed by atoms with Crippen molar-refractivity contribution < 1.29 is 14.3 Å². The number of para-hydroxylation sites is 1. The number of fused-ring (bicyclic) bond motifs is 1. The lowest BCUT2D eigenvalue weighted by atomic mass is 9.99. The quantitative estimate of drug-likeness (QED) is 0.685. The molecular weight excluding hydrogens is 316 g/mol. The van der Waals surface area contributed by atoms with Crippen molar-refractivity contribution in [1.82, 2.24) is 10.3 Å². The number of Topliss-reactive ketones (excluding diaryl/α,β-unsaturated/α-hetero) is 1. The van der Waals surface area contributed by atoms with Crippen LogP contribution < -0.4 is 5.32 Å². The maximum absolute atomic E-state index is 11.3. The number of nitrogens with one attached hydrogen (secondary N) is 1. The van der Waals surface area contributed by atoms with Gasteiger partial charge in [0.05, 0.1) is 18.0 Å². The molecular formula is C20H26N2O3. The SMILES string of the molecule is CC(=O)c1cc2ccccc2nc1C.CCOC(=O)C1CCNCC1. The Bertz CT molecular complexity index is 737. The molecule has 3 rings (SSSR count). The van der Waals surface area contributed by atoms with Crippen molar-refractivity contribution in [1.29, 1.82) is 0 Å². The van der Waals surface area contributed by atoms with E-state index in [-0.39, 0.29) is 17.7 Å². The van der Waals surface area contributed by atoms with Gasteiger partial charge in [-0.2, -0.15) is 0 Å². The van der Waals surface area contributed by atoms with Crippen molar-refractivity contribution in [2.75, 3.05) is 19.7 Å². The van der Waals surface area contributed by atoms with Gasteiger partial charge >= 0.3 is 5.97 Å². The molecule has 0 aliphatic carbocycles. The second-order valence-corrected chi connectivity index (χ2v) is 6.15. The van der Waals surface area contributed by atoms with E-state index < -0.39 is 0 Å². The minimum absolute atomic E-state index is 0.0194. The summed E-state index contributed by atoms with van der Waals surface area (Å²) in [7, 11) is 0. The largest absolute Gasteiger partial charge is 0.466 e. The van der Waals surface area contributed by atoms with Crippen LogP contribution in [0.3, 0.4) is 0 Å². The Labute approximate surface area is 148 Å². The fraction of sp³-hybridized carbons (Fsp3) is 0.450. The highest BCUT2D eigenvalue weighted by Crippen LogP contribution is 2.16. The van der Waals surface area contributed by atoms with Crippen LogP contribution in [0.1, 0.15) is 42.7 Å². The van der Waals surface area contributed by atoms with Crippen LogP contribution in [-0.4, -0.2) is 36.4 Å². The lowest BCUT2D eigenvalue weighted by molar-refractivity contribution is -0.148. The fourth-order valence-corrected chi connectivity index (χ4v) is 2.89. The number of hydrogen-bond acceptors (Lipinski definition) is 5. The summed E-state index contributed by atoms with van der Waals surface area (Å²) in [6.45, 7) is 7.68. The molecule has 5 heteroatoms. The molecule has 2 aromatic rings. The lowest BCUT2D eigenvalue weighted by Crippen LogP contribution is -2.32. The first-order valence-electron chi connectivity index (χ1n) is 8.77. The molecule has 1 aromatic carbocycles. The van der Waals surface area contributed by atoms with Crippen molar-refractivity contribution in [3.8, 4) is 0 Å². The number of carbonyl (C=O) groups excluding carboxylic acids is 2. The van der Waals surface area contributed by atoms with E-state index in [9.17, 15) is 9.59 Å². The zero-order valence-electron chi connectivity index (χ0n) is 15.2. The van der Waals surface area contributed by atoms with Gasteiger partial charge in [-0.1, -0.05) is 18.2 Å². The molecule has 134 valence electrons. The van der Waals surface area contributed by atoms with Crippen LogP contribution in [0.4, 0.5) is 0 Å². The third-order valence-electron chi connectivity index (χ3n) is 4.25. The Balaban J connectivity index is 0.000000186. The minimum atomic E-state index is -0.0194. The van der Waals surface area contributed by atoms with Crippen LogP contribution in [-0.2, 0) is 9.53 Å². The topological polar surface area (TPSA) is 68.3 Å². The molecule has 0 spiro atoms. The molecule has 2 heterocycles. The van der Waals surface area contributed by atoms with Crippen molar-refractivity contribution in [2.24, 2.45) is 5.92 Å². The Kier molecular flexibility index (Phi) is 7.07. The van der Waals surface area contributed by atoms with Gasteiger partial charge in [0.2, 0.25) is 0 Å². The van der Waals surface area contributed by atoms with Crippen LogP contribution in [0.5, 0.6) is 0 Å². The standard InChI is InChI=1S/C12H11NO.C8H15NO2/c1-8-11(9(2)14)7-10-5-3-4-6-12(10)13-8;1-2-11-8(10)7-3-5-9-6-4-7/h3-7H,1-2H3;7,9H,2-6H2,1H3. The highest BCUT2D eigenvalue weighted by molar-refractivity contribution is 5.98. The van der Waals surface area contributed by atoms with E-state index in [1.54, 1.807) is 6.92 Å². The summed E-state index contributed by atoms with van der Waals surface area (Å²) in [6.07, 6.45) is 1.86. The summed E-state index contributed by atoms with van der Waals surface area (Å²) < 4.78 is 4.91. The number of aromatic nitrogens is 1. The second kappa shape index (κ2) is 9.28. The van der Waals surface area contributed by atoms with E-state index in [4.69, 9.17) is 4.74 Å². The number of esters is 1. The van der Waals surface area contributed by atoms with Crippen molar-refractivity contribution in [2.45, 2.75) is 33.6 Å². The zero-order chi connectivity index (χ0) is 18.2. The van der Waals surface area contributed by atoms with Gasteiger partial charge in [-0.3, -0.25) is 14.6 Å². The first-order valence-corrected chi connectivity index (χ1v) is 8.77. The average molecular weight is 342 g/mol. The number of nitrogens with zero attached hydrogens (tertiary/aromatic N) is 1. The molecule has 25 heavy (non-hydrogen) atoms. The molecule has 0 unspecified atom stereocenters. The molecule has 1 saturated heterocycles. The van der Waals surface area contributed by atoms with Gasteiger partial charge in [0.25, 0.3) is 0 Å². The molecule has 0 bridgehead atoms. The molecule has 0 amide bonds. The average Bonchev–Trinajstić information content (AvgIpc) is 2.62. The molecule has 0 saturated carbocycles. The van der Waals surface area contributed by atoms with Crippen LogP contribution in [0.2, 0.25) is 0 Å².